The van der Waals surface area contributed by atoms with E-state index in [1.54, 1.807) is 0 Å². The number of aliphatic hydroxyl groups is 1. The van der Waals surface area contributed by atoms with Crippen LogP contribution in [0.3, 0.4) is 0 Å². The first kappa shape index (κ1) is 67.0. The van der Waals surface area contributed by atoms with Gasteiger partial charge in [0, 0.05) is 6.42 Å². The summed E-state index contributed by atoms with van der Waals surface area (Å²) >= 11 is 0. The number of quaternary nitrogens is 1. The van der Waals surface area contributed by atoms with Gasteiger partial charge in [-0.05, 0) is 44.9 Å². The largest absolute Gasteiger partial charge is 0.472 e. The van der Waals surface area contributed by atoms with E-state index in [-0.39, 0.29) is 19.1 Å². The fraction of sp³-hybridized carbons (Fsp3) is 0.915. The van der Waals surface area contributed by atoms with E-state index in [9.17, 15) is 19.4 Å². The Morgan fingerprint density at radius 2 is 0.838 bits per heavy atom. The molecule has 0 rings (SSSR count). The van der Waals surface area contributed by atoms with Crippen molar-refractivity contribution in [2.45, 2.75) is 309 Å². The molecule has 0 aliphatic heterocycles. The molecule has 0 heterocycles. The van der Waals surface area contributed by atoms with Gasteiger partial charge in [-0.2, -0.15) is 0 Å². The molecule has 0 aromatic carbocycles. The fourth-order valence-corrected chi connectivity index (χ4v) is 9.76. The molecule has 0 aromatic heterocycles. The monoisotopic (exact) mass is 982 g/mol. The molecular weight excluding hydrogens is 864 g/mol. The zero-order chi connectivity index (χ0) is 49.9. The van der Waals surface area contributed by atoms with Crippen molar-refractivity contribution >= 4 is 13.7 Å². The van der Waals surface area contributed by atoms with E-state index in [4.69, 9.17) is 9.05 Å². The van der Waals surface area contributed by atoms with Gasteiger partial charge in [-0.3, -0.25) is 13.8 Å². The number of hydrogen-bond donors (Lipinski definition) is 3. The normalized spacial score (nSPS) is 14.0. The van der Waals surface area contributed by atoms with E-state index >= 15 is 0 Å². The molecule has 3 atom stereocenters. The zero-order valence-electron chi connectivity index (χ0n) is 46.1. The van der Waals surface area contributed by atoms with Crippen LogP contribution in [0.15, 0.2) is 24.3 Å². The summed E-state index contributed by atoms with van der Waals surface area (Å²) in [5.41, 5.74) is 0. The van der Waals surface area contributed by atoms with Crippen molar-refractivity contribution in [3.05, 3.63) is 24.3 Å². The quantitative estimate of drug-likeness (QED) is 0.0243. The van der Waals surface area contributed by atoms with E-state index < -0.39 is 20.0 Å². The highest BCUT2D eigenvalue weighted by molar-refractivity contribution is 7.47. The maximum atomic E-state index is 13.0. The van der Waals surface area contributed by atoms with Crippen LogP contribution in [-0.4, -0.2) is 73.4 Å². The lowest BCUT2D eigenvalue weighted by atomic mass is 10.0. The summed E-state index contributed by atoms with van der Waals surface area (Å²) in [6.07, 6.45) is 64.0. The van der Waals surface area contributed by atoms with E-state index in [1.807, 2.05) is 21.1 Å². The fourth-order valence-electron chi connectivity index (χ4n) is 9.02. The lowest BCUT2D eigenvalue weighted by molar-refractivity contribution is -0.870. The molecule has 0 aliphatic carbocycles. The molecule has 0 aliphatic rings. The minimum atomic E-state index is -4.32. The number of likely N-dealkylation sites (N-methyl/N-ethyl adjacent to an activating group) is 1. The van der Waals surface area contributed by atoms with Crippen molar-refractivity contribution in [3.63, 3.8) is 0 Å². The molecule has 0 spiro atoms. The maximum Gasteiger partial charge on any atom is 0.472 e. The number of nitrogens with zero attached hydrogens (tertiary/aromatic N) is 1. The molecule has 68 heavy (non-hydrogen) atoms. The van der Waals surface area contributed by atoms with Crippen LogP contribution < -0.4 is 5.32 Å². The van der Waals surface area contributed by atoms with E-state index in [1.165, 1.54) is 205 Å². The first-order chi connectivity index (χ1) is 33.0. The van der Waals surface area contributed by atoms with Gasteiger partial charge in [-0.15, -0.1) is 0 Å². The first-order valence-corrected chi connectivity index (χ1v) is 31.2. The lowest BCUT2D eigenvalue weighted by Gasteiger charge is -2.26. The van der Waals surface area contributed by atoms with Crippen molar-refractivity contribution < 1.29 is 32.9 Å². The Morgan fingerprint density at radius 1 is 0.500 bits per heavy atom. The number of amides is 1. The number of nitrogens with one attached hydrogen (secondary N) is 1. The Balaban J connectivity index is 4.03. The van der Waals surface area contributed by atoms with Crippen molar-refractivity contribution in [1.82, 2.24) is 5.32 Å². The predicted octanol–water partition coefficient (Wildman–Crippen LogP) is 18.0. The third-order valence-corrected chi connectivity index (χ3v) is 14.7. The number of aliphatic hydroxyl groups excluding tert-OH is 1. The second kappa shape index (κ2) is 50.9. The second-order valence-corrected chi connectivity index (χ2v) is 23.2. The highest BCUT2D eigenvalue weighted by atomic mass is 31.2. The molecule has 9 heteroatoms. The Kier molecular flexibility index (Phi) is 50.1. The second-order valence-electron chi connectivity index (χ2n) is 21.7. The summed E-state index contributed by atoms with van der Waals surface area (Å²) in [6.45, 7) is 4.88. The Hall–Kier alpha value is -1.02. The topological polar surface area (TPSA) is 105 Å². The average Bonchev–Trinajstić information content (AvgIpc) is 3.30. The standard InChI is InChI=1S/C59H117N2O6P/c1-6-8-10-12-14-16-18-20-22-23-24-25-26-27-28-29-30-31-32-33-34-35-36-37-39-40-42-44-46-48-50-52-58(62)57(56-67-68(64,65)66-55-54-61(3,4)5)60-59(63)53-51-49-47-45-43-41-38-21-19-17-15-13-11-9-7-2/h15,17,21,38,57-58,62H,6-14,16,18-20,22-37,39-56H2,1-5H3,(H-,60,63,64,65)/p+1/b17-15-,38-21-. The number of phosphoric ester groups is 1. The molecule has 8 nitrogen and oxygen atoms in total. The Labute approximate surface area is 424 Å². The van der Waals surface area contributed by atoms with Gasteiger partial charge in [0.15, 0.2) is 0 Å². The molecule has 0 saturated heterocycles. The van der Waals surface area contributed by atoms with Crippen LogP contribution in [0.4, 0.5) is 0 Å². The van der Waals surface area contributed by atoms with Crippen LogP contribution >= 0.6 is 7.82 Å². The lowest BCUT2D eigenvalue weighted by Crippen LogP contribution is -2.46. The van der Waals surface area contributed by atoms with Crippen LogP contribution in [0.1, 0.15) is 296 Å². The van der Waals surface area contributed by atoms with E-state index in [0.717, 1.165) is 64.2 Å². The number of allylic oxidation sites excluding steroid dienone is 4. The molecule has 1 amide bonds. The summed E-state index contributed by atoms with van der Waals surface area (Å²) < 4.78 is 23.8. The summed E-state index contributed by atoms with van der Waals surface area (Å²) in [4.78, 5) is 23.3. The van der Waals surface area contributed by atoms with Gasteiger partial charge >= 0.3 is 7.82 Å². The zero-order valence-corrected chi connectivity index (χ0v) is 47.0. The van der Waals surface area contributed by atoms with Gasteiger partial charge in [0.2, 0.25) is 5.91 Å². The van der Waals surface area contributed by atoms with Gasteiger partial charge in [-0.25, -0.2) is 4.57 Å². The maximum absolute atomic E-state index is 13.0. The first-order valence-electron chi connectivity index (χ1n) is 29.7. The molecule has 0 aromatic rings. The molecule has 404 valence electrons. The molecular formula is C59H118N2O6P+. The summed E-state index contributed by atoms with van der Waals surface area (Å²) in [6, 6.07) is -0.767. The van der Waals surface area contributed by atoms with Gasteiger partial charge in [0.05, 0.1) is 39.9 Å². The number of carbonyl (C=O) groups excluding carboxylic acids is 1. The summed E-state index contributed by atoms with van der Waals surface area (Å²) in [7, 11) is 1.61. The number of hydrogen-bond acceptors (Lipinski definition) is 5. The molecule has 3 unspecified atom stereocenters. The van der Waals surface area contributed by atoms with Crippen molar-refractivity contribution in [1.29, 1.82) is 0 Å². The number of carbonyl (C=O) groups is 1. The van der Waals surface area contributed by atoms with E-state index in [0.29, 0.717) is 23.9 Å². The van der Waals surface area contributed by atoms with Crippen LogP contribution in [-0.2, 0) is 18.4 Å². The van der Waals surface area contributed by atoms with Crippen LogP contribution in [0.5, 0.6) is 0 Å². The number of rotatable bonds is 55. The van der Waals surface area contributed by atoms with E-state index in [2.05, 4.69) is 43.5 Å². The Bertz CT molecular complexity index is 1160. The van der Waals surface area contributed by atoms with Crippen molar-refractivity contribution in [2.75, 3.05) is 40.9 Å². The summed E-state index contributed by atoms with van der Waals surface area (Å²) in [5, 5.41) is 14.1. The number of phosphoric acid groups is 1. The predicted molar refractivity (Wildman–Crippen MR) is 295 cm³/mol. The van der Waals surface area contributed by atoms with Crippen LogP contribution in [0.2, 0.25) is 0 Å². The van der Waals surface area contributed by atoms with Crippen LogP contribution in [0.25, 0.3) is 0 Å². The third kappa shape index (κ3) is 52.8. The molecule has 0 radical (unpaired) electrons. The van der Waals surface area contributed by atoms with Gasteiger partial charge in [0.1, 0.15) is 13.2 Å². The SMILES string of the molecule is CCCCC/C=C\C/C=C\CCCCCCCC(=O)NC(COP(=O)(O)OCC[N+](C)(C)C)C(O)CCCCCCCCCCCCCCCCCCCCCCCCCCCCCCCCC. The number of unbranched alkanes of at least 4 members (excludes halogenated alkanes) is 38. The third-order valence-electron chi connectivity index (χ3n) is 13.7. The van der Waals surface area contributed by atoms with Gasteiger partial charge < -0.3 is 19.8 Å². The molecule has 0 bridgehead atoms. The highest BCUT2D eigenvalue weighted by Gasteiger charge is 2.28. The van der Waals surface area contributed by atoms with Gasteiger partial charge in [-0.1, -0.05) is 269 Å². The smallest absolute Gasteiger partial charge is 0.391 e. The minimum absolute atomic E-state index is 0.0728. The highest BCUT2D eigenvalue weighted by Crippen LogP contribution is 2.43. The van der Waals surface area contributed by atoms with Crippen LogP contribution in [0, 0.1) is 0 Å². The van der Waals surface area contributed by atoms with Crippen molar-refractivity contribution in [2.24, 2.45) is 0 Å². The molecule has 0 fully saturated rings. The molecule has 3 N–H and O–H groups in total. The summed E-state index contributed by atoms with van der Waals surface area (Å²) in [5.74, 6) is -0.155. The average molecular weight is 983 g/mol. The van der Waals surface area contributed by atoms with Crippen molar-refractivity contribution in [3.8, 4) is 0 Å². The molecule has 0 saturated carbocycles. The van der Waals surface area contributed by atoms with Gasteiger partial charge in [0.25, 0.3) is 0 Å². The Morgan fingerprint density at radius 3 is 1.24 bits per heavy atom. The minimum Gasteiger partial charge on any atom is -0.391 e.